The van der Waals surface area contributed by atoms with Gasteiger partial charge in [0.2, 0.25) is 0 Å². The number of ether oxygens (including phenoxy) is 1. The number of aryl methyl sites for hydroxylation is 2. The summed E-state index contributed by atoms with van der Waals surface area (Å²) in [6, 6.07) is 16.7. The molecular formula is C49H51N9O22P2S2. The Labute approximate surface area is 474 Å². The van der Waals surface area contributed by atoms with Gasteiger partial charge in [0.15, 0.2) is 33.2 Å². The van der Waals surface area contributed by atoms with Crippen LogP contribution >= 0.6 is 15.6 Å². The molecule has 2 aliphatic heterocycles. The highest BCUT2D eigenvalue weighted by Crippen LogP contribution is 2.58. The van der Waals surface area contributed by atoms with Crippen LogP contribution in [0.5, 0.6) is 0 Å². The summed E-state index contributed by atoms with van der Waals surface area (Å²) in [5.41, 5.74) is 7.43. The lowest BCUT2D eigenvalue weighted by Gasteiger charge is -2.20. The van der Waals surface area contributed by atoms with E-state index in [4.69, 9.17) is 34.9 Å². The molecule has 0 saturated carbocycles. The molecule has 5 atom stereocenters. The number of nitrogens with zero attached hydrogens (tertiary/aromatic N) is 5. The van der Waals surface area contributed by atoms with Gasteiger partial charge in [-0.1, -0.05) is 48.1 Å². The van der Waals surface area contributed by atoms with Crippen molar-refractivity contribution in [2.24, 2.45) is 0 Å². The summed E-state index contributed by atoms with van der Waals surface area (Å²) < 4.78 is 115. The van der Waals surface area contributed by atoms with E-state index in [2.05, 4.69) is 46.8 Å². The number of nitrogens with one attached hydrogen (secondary N) is 3. The van der Waals surface area contributed by atoms with Crippen molar-refractivity contribution in [3.8, 4) is 34.3 Å². The van der Waals surface area contributed by atoms with E-state index in [1.807, 2.05) is 12.3 Å². The van der Waals surface area contributed by atoms with E-state index in [1.165, 1.54) is 36.5 Å². The van der Waals surface area contributed by atoms with Crippen molar-refractivity contribution in [2.45, 2.75) is 86.0 Å². The third-order valence-corrected chi connectivity index (χ3v) is 16.6. The fraction of sp³-hybridized carbons (Fsp3) is 0.286. The van der Waals surface area contributed by atoms with Crippen LogP contribution in [0.3, 0.4) is 0 Å². The topological polar surface area (TPSA) is 488 Å². The smallest absolute Gasteiger partial charge is 0.478 e. The van der Waals surface area contributed by atoms with Crippen molar-refractivity contribution in [3.05, 3.63) is 129 Å². The van der Waals surface area contributed by atoms with Crippen LogP contribution in [0, 0.1) is 17.3 Å². The van der Waals surface area contributed by atoms with Crippen LogP contribution in [0.2, 0.25) is 0 Å². The molecule has 1 unspecified atom stereocenters. The van der Waals surface area contributed by atoms with Crippen molar-refractivity contribution in [1.29, 1.82) is 5.41 Å². The molecular weight excluding hydrogens is 1190 g/mol. The van der Waals surface area contributed by atoms with Gasteiger partial charge in [-0.2, -0.15) is 26.1 Å². The lowest BCUT2D eigenvalue weighted by molar-refractivity contribution is -0.0541. The van der Waals surface area contributed by atoms with Crippen LogP contribution in [0.1, 0.15) is 75.9 Å². The molecule has 0 radical (unpaired) electrons. The number of fused-ring (bicyclic) bond motifs is 2. The predicted octanol–water partition coefficient (Wildman–Crippen LogP) is 2.97. The van der Waals surface area contributed by atoms with E-state index in [-0.39, 0.29) is 46.6 Å². The number of anilines is 2. The quantitative estimate of drug-likeness (QED) is 0.00787. The molecule has 13 N–H and O–H groups in total. The molecule has 1 amide bonds. The summed E-state index contributed by atoms with van der Waals surface area (Å²) in [5, 5.41) is 49.7. The minimum Gasteiger partial charge on any atom is -0.478 e. The van der Waals surface area contributed by atoms with E-state index in [9.17, 15) is 69.7 Å². The highest BCUT2D eigenvalue weighted by molar-refractivity contribution is 7.86. The van der Waals surface area contributed by atoms with Crippen LogP contribution in [-0.2, 0) is 67.3 Å². The van der Waals surface area contributed by atoms with Crippen molar-refractivity contribution in [2.75, 3.05) is 24.4 Å². The summed E-state index contributed by atoms with van der Waals surface area (Å²) in [7, 11) is -21.1. The number of rotatable bonds is 24. The third-order valence-electron chi connectivity index (χ3n) is 12.6. The summed E-state index contributed by atoms with van der Waals surface area (Å²) in [5.74, 6) is 3.31. The number of carbonyl (C=O) groups is 2. The first-order chi connectivity index (χ1) is 39.6. The maximum atomic E-state index is 13.3. The average molecular weight is 1240 g/mol. The van der Waals surface area contributed by atoms with Gasteiger partial charge in [0.05, 0.1) is 35.5 Å². The number of hydrogen-bond acceptors (Lipinski definition) is 22. The molecule has 3 aromatic carbocycles. The summed E-state index contributed by atoms with van der Waals surface area (Å²) in [6.07, 6.45) is 0.273. The van der Waals surface area contributed by atoms with Gasteiger partial charge in [0.25, 0.3) is 26.1 Å². The minimum atomic E-state index is -5.42. The van der Waals surface area contributed by atoms with Gasteiger partial charge in [-0.15, -0.1) is 5.10 Å². The van der Waals surface area contributed by atoms with Gasteiger partial charge in [-0.05, 0) is 78.6 Å². The number of aliphatic hydroxyl groups is 2. The summed E-state index contributed by atoms with van der Waals surface area (Å²) in [6.45, 7) is -0.111. The number of carboxylic acids is 1. The lowest BCUT2D eigenvalue weighted by Crippen LogP contribution is -2.36. The number of aromatic carboxylic acids is 1. The normalized spacial score (nSPS) is 17.2. The van der Waals surface area contributed by atoms with Crippen molar-refractivity contribution < 1.29 is 97.5 Å². The Morgan fingerprint density at radius 3 is 2.36 bits per heavy atom. The summed E-state index contributed by atoms with van der Waals surface area (Å²) >= 11 is 0. The maximum Gasteiger partial charge on any atom is 0.481 e. The number of hydrogen-bond donors (Lipinski definition) is 12. The molecule has 5 aromatic rings. The van der Waals surface area contributed by atoms with Crippen LogP contribution in [-0.4, -0.2) is 124 Å². The monoisotopic (exact) mass is 1240 g/mol. The molecule has 446 valence electrons. The zero-order valence-electron chi connectivity index (χ0n) is 43.3. The second kappa shape index (κ2) is 25.7. The number of benzene rings is 4. The van der Waals surface area contributed by atoms with E-state index < -0.39 is 122 Å². The highest BCUT2D eigenvalue weighted by Gasteiger charge is 2.46. The fourth-order valence-corrected chi connectivity index (χ4v) is 12.0. The number of phosphoric acid groups is 2. The Hall–Kier alpha value is -7.61. The number of carboxylic acid groups (broad SMARTS) is 1. The molecule has 4 heterocycles. The second-order valence-corrected chi connectivity index (χ2v) is 24.1. The van der Waals surface area contributed by atoms with Gasteiger partial charge < -0.3 is 50.2 Å². The first-order valence-corrected chi connectivity index (χ1v) is 30.7. The number of amides is 1. The van der Waals surface area contributed by atoms with Crippen molar-refractivity contribution in [3.63, 3.8) is 0 Å². The molecule has 35 heteroatoms. The van der Waals surface area contributed by atoms with Gasteiger partial charge >= 0.3 is 27.3 Å². The molecule has 31 nitrogen and oxygen atoms in total. The Bertz CT molecular complexity index is 4160. The number of unbranched alkanes of at least 4 members (excludes halogenated alkanes) is 3. The van der Waals surface area contributed by atoms with Crippen LogP contribution < -0.4 is 27.6 Å². The number of phosphoric ester groups is 1. The number of carbonyl (C=O) groups excluding carboxylic acids is 1. The maximum absolute atomic E-state index is 13.3. The van der Waals surface area contributed by atoms with E-state index >= 15 is 0 Å². The number of aromatic nitrogens is 5. The van der Waals surface area contributed by atoms with Gasteiger partial charge in [-0.25, -0.2) is 24.2 Å². The van der Waals surface area contributed by atoms with Gasteiger partial charge in [0.1, 0.15) is 18.3 Å². The zero-order chi connectivity index (χ0) is 60.9. The van der Waals surface area contributed by atoms with E-state index in [1.54, 1.807) is 22.9 Å². The van der Waals surface area contributed by atoms with E-state index in [0.29, 0.717) is 31.4 Å². The van der Waals surface area contributed by atoms with E-state index in [0.717, 1.165) is 53.3 Å². The first-order valence-electron chi connectivity index (χ1n) is 24.8. The molecule has 84 heavy (non-hydrogen) atoms. The highest BCUT2D eigenvalue weighted by atomic mass is 32.2. The minimum absolute atomic E-state index is 0.0236. The van der Waals surface area contributed by atoms with Gasteiger partial charge in [0, 0.05) is 66.0 Å². The number of nitrogens with two attached hydrogens (primary N) is 1. The van der Waals surface area contributed by atoms with Crippen molar-refractivity contribution in [1.82, 2.24) is 29.9 Å². The van der Waals surface area contributed by atoms with Crippen LogP contribution in [0.25, 0.3) is 33.4 Å². The lowest BCUT2D eigenvalue weighted by atomic mass is 9.89. The molecule has 1 saturated heterocycles. The Kier molecular flexibility index (Phi) is 19.1. The predicted molar refractivity (Wildman–Crippen MR) is 289 cm³/mol. The zero-order valence-corrected chi connectivity index (χ0v) is 46.7. The first kappa shape index (κ1) is 62.4. The molecule has 1 aliphatic carbocycles. The largest absolute Gasteiger partial charge is 0.481 e. The average Bonchev–Trinajstić information content (AvgIpc) is 1.66. The standard InChI is InChI=1S/C49H51N9O22P2S2/c50-35-16-14-32-39(33-15-17-36(51)45(84(73,74)75)43(33)79-42(32)44(35)83(70,71)72)31-13-12-29(23-34(31)48(62)63)46(61)52-19-5-1-2-6-20-57-24-30(54-56-57)11-4-3-8-27-9-7-10-28(22-27)25-76-55-38-18-21-58(49(64)53-38)47-41(60)40(59)37(78-47)26-77-82(68,69)80-81(65,66)67/h7,9-10,12-18,21-24,37,40-41,47,50,59-60H,1-2,4-6,11,19-20,25-26,51H2,(H,52,61)(H,62,63)(H,68,69)(H,53,55,64)(H2,65,66,67)(H,70,71,72)(H,73,74,75)/t37-,40-,41-,47-/m1/s1. The molecule has 8 rings (SSSR count). The second-order valence-electron chi connectivity index (χ2n) is 18.6. The number of nitrogen functional groups attached to an aromatic ring is 1. The Morgan fingerprint density at radius 2 is 1.64 bits per heavy atom. The fourth-order valence-electron chi connectivity index (χ4n) is 8.87. The molecule has 0 bridgehead atoms. The van der Waals surface area contributed by atoms with Gasteiger partial charge in [-0.3, -0.25) is 37.9 Å². The van der Waals surface area contributed by atoms with Crippen molar-refractivity contribution >= 4 is 70.2 Å². The van der Waals surface area contributed by atoms with Crippen LogP contribution in [0.4, 0.5) is 11.5 Å². The summed E-state index contributed by atoms with van der Waals surface area (Å²) in [4.78, 5) is 73.2. The number of aliphatic hydroxyl groups excluding tert-OH is 2. The third kappa shape index (κ3) is 15.2. The molecule has 1 fully saturated rings. The molecule has 2 aromatic heterocycles. The molecule has 0 spiro atoms. The van der Waals surface area contributed by atoms with Crippen LogP contribution in [0.15, 0.2) is 104 Å². The SMILES string of the molecule is N=c1ccc2c(-c3ccc(C(=O)NCCCCCCn4cc(CCC#Cc5cccc(CONc6ccn([C@@H]7O[C@H](COP(=O)(O)OP(=O)(O)O)[C@@H](O)[C@H]7O)c(=O)n6)c5)nn4)cc3C(=O)O)c3ccc(N)c(S(=O)(=O)O)c3oc-2c1S(=O)(=O)O. The Morgan fingerprint density at radius 1 is 0.905 bits per heavy atom. The Balaban J connectivity index is 0.771. The molecule has 3 aliphatic rings.